The van der Waals surface area contributed by atoms with E-state index in [0.717, 1.165) is 6.42 Å². The van der Waals surface area contributed by atoms with Gasteiger partial charge in [-0.15, -0.1) is 6.58 Å². The minimum atomic E-state index is -0.285. The first kappa shape index (κ1) is 11.9. The van der Waals surface area contributed by atoms with Gasteiger partial charge in [0.25, 0.3) is 0 Å². The molecule has 0 aliphatic heterocycles. The van der Waals surface area contributed by atoms with Gasteiger partial charge in [0.1, 0.15) is 0 Å². The van der Waals surface area contributed by atoms with E-state index in [1.807, 2.05) is 13.0 Å². The van der Waals surface area contributed by atoms with Gasteiger partial charge in [-0.1, -0.05) is 42.5 Å². The van der Waals surface area contributed by atoms with Gasteiger partial charge < -0.3 is 5.11 Å². The van der Waals surface area contributed by atoms with E-state index in [4.69, 9.17) is 0 Å². The molecule has 1 unspecified atom stereocenters. The Hall–Kier alpha value is -1.60. The molecule has 2 aromatic carbocycles. The van der Waals surface area contributed by atoms with Crippen molar-refractivity contribution in [2.24, 2.45) is 0 Å². The molecule has 0 spiro atoms. The average molecular weight is 226 g/mol. The van der Waals surface area contributed by atoms with Gasteiger partial charge in [0.2, 0.25) is 0 Å². The molecule has 0 heterocycles. The molecule has 0 aliphatic carbocycles. The summed E-state index contributed by atoms with van der Waals surface area (Å²) in [4.78, 5) is 0. The zero-order valence-electron chi connectivity index (χ0n) is 10.2. The number of hydrogen-bond donors (Lipinski definition) is 1. The lowest BCUT2D eigenvalue weighted by atomic mass is 10.0. The lowest BCUT2D eigenvalue weighted by Crippen LogP contribution is -2.03. The van der Waals surface area contributed by atoms with E-state index in [1.165, 1.54) is 21.9 Å². The molecule has 0 bridgehead atoms. The smallest absolute Gasteiger partial charge is 0.0552 e. The molecular weight excluding hydrogens is 208 g/mol. The van der Waals surface area contributed by atoms with Gasteiger partial charge in [-0.2, -0.15) is 0 Å². The van der Waals surface area contributed by atoms with Gasteiger partial charge in [0.05, 0.1) is 6.10 Å². The predicted molar refractivity (Wildman–Crippen MR) is 73.2 cm³/mol. The fourth-order valence-corrected chi connectivity index (χ4v) is 2.11. The monoisotopic (exact) mass is 226 g/mol. The lowest BCUT2D eigenvalue weighted by molar-refractivity contribution is 0.195. The van der Waals surface area contributed by atoms with Gasteiger partial charge in [0.15, 0.2) is 0 Å². The minimum absolute atomic E-state index is 0.285. The summed E-state index contributed by atoms with van der Waals surface area (Å²) >= 11 is 0. The first-order valence-corrected chi connectivity index (χ1v) is 5.99. The van der Waals surface area contributed by atoms with Crippen LogP contribution in [0.25, 0.3) is 10.8 Å². The first-order chi connectivity index (χ1) is 8.19. The highest BCUT2D eigenvalue weighted by Gasteiger charge is 2.01. The quantitative estimate of drug-likeness (QED) is 0.791. The van der Waals surface area contributed by atoms with Crippen molar-refractivity contribution in [3.63, 3.8) is 0 Å². The Labute approximate surface area is 102 Å². The molecule has 0 aliphatic rings. The maximum atomic E-state index is 9.38. The summed E-state index contributed by atoms with van der Waals surface area (Å²) in [6, 6.07) is 12.8. The fourth-order valence-electron chi connectivity index (χ4n) is 2.11. The molecule has 0 amide bonds. The molecule has 0 aromatic heterocycles. The van der Waals surface area contributed by atoms with Crippen molar-refractivity contribution in [3.05, 3.63) is 60.2 Å². The number of allylic oxidation sites excluding steroid dienone is 1. The number of aliphatic hydroxyl groups is 1. The highest BCUT2D eigenvalue weighted by molar-refractivity contribution is 5.83. The first-order valence-electron chi connectivity index (χ1n) is 5.99. The van der Waals surface area contributed by atoms with Crippen molar-refractivity contribution in [1.29, 1.82) is 0 Å². The van der Waals surface area contributed by atoms with Crippen LogP contribution in [0.3, 0.4) is 0 Å². The maximum absolute atomic E-state index is 9.38. The lowest BCUT2D eigenvalue weighted by Gasteiger charge is -2.07. The van der Waals surface area contributed by atoms with Crippen LogP contribution < -0.4 is 0 Å². The summed E-state index contributed by atoms with van der Waals surface area (Å²) < 4.78 is 0. The Bertz CT molecular complexity index is 526. The van der Waals surface area contributed by atoms with Crippen molar-refractivity contribution < 1.29 is 5.11 Å². The number of benzene rings is 2. The van der Waals surface area contributed by atoms with Crippen LogP contribution in [0.5, 0.6) is 0 Å². The molecular formula is C16H18O. The van der Waals surface area contributed by atoms with E-state index >= 15 is 0 Å². The second-order valence-corrected chi connectivity index (χ2v) is 4.56. The highest BCUT2D eigenvalue weighted by atomic mass is 16.3. The summed E-state index contributed by atoms with van der Waals surface area (Å²) in [7, 11) is 0. The fraction of sp³-hybridized carbons (Fsp3) is 0.250. The second kappa shape index (κ2) is 5.15. The van der Waals surface area contributed by atoms with Crippen molar-refractivity contribution in [2.75, 3.05) is 0 Å². The summed E-state index contributed by atoms with van der Waals surface area (Å²) in [5.74, 6) is 0. The summed E-state index contributed by atoms with van der Waals surface area (Å²) in [5, 5.41) is 11.9. The van der Waals surface area contributed by atoms with Crippen LogP contribution in [-0.2, 0) is 12.8 Å². The molecule has 2 rings (SSSR count). The third kappa shape index (κ3) is 2.95. The molecule has 1 atom stereocenters. The van der Waals surface area contributed by atoms with Gasteiger partial charge in [-0.25, -0.2) is 0 Å². The average Bonchev–Trinajstić information content (AvgIpc) is 2.29. The van der Waals surface area contributed by atoms with Crippen LogP contribution >= 0.6 is 0 Å². The predicted octanol–water partition coefficient (Wildman–Crippen LogP) is 3.49. The Morgan fingerprint density at radius 3 is 2.29 bits per heavy atom. The Morgan fingerprint density at radius 1 is 1.12 bits per heavy atom. The third-order valence-electron chi connectivity index (χ3n) is 2.88. The molecule has 1 heteroatoms. The standard InChI is InChI=1S/C16H18O/c1-3-4-13-5-7-16-11-14(9-12(2)17)6-8-15(16)10-13/h3,5-8,10-12,17H,1,4,9H2,2H3. The number of hydrogen-bond acceptors (Lipinski definition) is 1. The SMILES string of the molecule is C=CCc1ccc2cc(CC(C)O)ccc2c1. The third-order valence-corrected chi connectivity index (χ3v) is 2.88. The Balaban J connectivity index is 2.36. The van der Waals surface area contributed by atoms with E-state index < -0.39 is 0 Å². The molecule has 88 valence electrons. The number of rotatable bonds is 4. The van der Waals surface area contributed by atoms with Crippen LogP contribution in [0.1, 0.15) is 18.1 Å². The van der Waals surface area contributed by atoms with Crippen LogP contribution in [0.2, 0.25) is 0 Å². The minimum Gasteiger partial charge on any atom is -0.393 e. The second-order valence-electron chi connectivity index (χ2n) is 4.56. The van der Waals surface area contributed by atoms with Crippen LogP contribution in [0, 0.1) is 0 Å². The van der Waals surface area contributed by atoms with E-state index in [9.17, 15) is 5.11 Å². The number of fused-ring (bicyclic) bond motifs is 1. The molecule has 0 saturated heterocycles. The molecule has 1 nitrogen and oxygen atoms in total. The molecule has 0 radical (unpaired) electrons. The van der Waals surface area contributed by atoms with E-state index in [2.05, 4.69) is 43.0 Å². The van der Waals surface area contributed by atoms with Gasteiger partial charge in [-0.3, -0.25) is 0 Å². The summed E-state index contributed by atoms with van der Waals surface area (Å²) in [5.41, 5.74) is 2.47. The largest absolute Gasteiger partial charge is 0.393 e. The Kier molecular flexibility index (Phi) is 3.60. The van der Waals surface area contributed by atoms with E-state index in [1.54, 1.807) is 0 Å². The summed E-state index contributed by atoms with van der Waals surface area (Å²) in [6.07, 6.45) is 3.26. The van der Waals surface area contributed by atoms with Crippen molar-refractivity contribution in [1.82, 2.24) is 0 Å². The molecule has 1 N–H and O–H groups in total. The Morgan fingerprint density at radius 2 is 1.71 bits per heavy atom. The van der Waals surface area contributed by atoms with Crippen LogP contribution in [-0.4, -0.2) is 11.2 Å². The molecule has 0 saturated carbocycles. The molecule has 17 heavy (non-hydrogen) atoms. The van der Waals surface area contributed by atoms with Crippen LogP contribution in [0.4, 0.5) is 0 Å². The van der Waals surface area contributed by atoms with Crippen molar-refractivity contribution >= 4 is 10.8 Å². The highest BCUT2D eigenvalue weighted by Crippen LogP contribution is 2.19. The van der Waals surface area contributed by atoms with Gasteiger partial charge in [-0.05, 0) is 41.7 Å². The summed E-state index contributed by atoms with van der Waals surface area (Å²) in [6.45, 7) is 5.57. The van der Waals surface area contributed by atoms with Crippen molar-refractivity contribution in [3.8, 4) is 0 Å². The van der Waals surface area contributed by atoms with E-state index in [-0.39, 0.29) is 6.10 Å². The maximum Gasteiger partial charge on any atom is 0.0552 e. The van der Waals surface area contributed by atoms with Gasteiger partial charge >= 0.3 is 0 Å². The molecule has 0 fully saturated rings. The van der Waals surface area contributed by atoms with Gasteiger partial charge in [0, 0.05) is 0 Å². The molecule has 2 aromatic rings. The van der Waals surface area contributed by atoms with E-state index in [0.29, 0.717) is 6.42 Å². The number of aliphatic hydroxyl groups excluding tert-OH is 1. The normalized spacial score (nSPS) is 12.6. The zero-order valence-corrected chi connectivity index (χ0v) is 10.2. The topological polar surface area (TPSA) is 20.2 Å². The van der Waals surface area contributed by atoms with Crippen molar-refractivity contribution in [2.45, 2.75) is 25.9 Å². The van der Waals surface area contributed by atoms with Crippen LogP contribution in [0.15, 0.2) is 49.1 Å². The zero-order chi connectivity index (χ0) is 12.3.